The largest absolute Gasteiger partial charge is 0.438 e. The van der Waals surface area contributed by atoms with E-state index in [0.717, 1.165) is 24.0 Å². The van der Waals surface area contributed by atoms with Crippen molar-refractivity contribution in [2.24, 2.45) is 0 Å². The number of fused-ring (bicyclic) bond motifs is 1. The Balaban J connectivity index is 1.55. The number of benzene rings is 1. The number of oxazole rings is 1. The fraction of sp³-hybridized carbons (Fsp3) is 0.333. The highest BCUT2D eigenvalue weighted by molar-refractivity contribution is 5.92. The number of amides is 1. The van der Waals surface area contributed by atoms with Crippen LogP contribution in [0.4, 0.5) is 0 Å². The Morgan fingerprint density at radius 2 is 2.28 bits per heavy atom. The van der Waals surface area contributed by atoms with Crippen LogP contribution in [0.5, 0.6) is 0 Å². The monoisotopic (exact) mass is 338 g/mol. The lowest BCUT2D eigenvalue weighted by molar-refractivity contribution is 0.0908. The van der Waals surface area contributed by atoms with E-state index in [2.05, 4.69) is 26.5 Å². The normalized spacial score (nSPS) is 16.0. The van der Waals surface area contributed by atoms with Crippen LogP contribution in [0.3, 0.4) is 0 Å². The number of nitrogens with one attached hydrogen (secondary N) is 1. The van der Waals surface area contributed by atoms with Crippen LogP contribution in [0.1, 0.15) is 52.7 Å². The van der Waals surface area contributed by atoms with Gasteiger partial charge < -0.3 is 14.3 Å². The van der Waals surface area contributed by atoms with Gasteiger partial charge in [-0.3, -0.25) is 4.79 Å². The highest BCUT2D eigenvalue weighted by Crippen LogP contribution is 2.34. The van der Waals surface area contributed by atoms with Crippen molar-refractivity contribution in [2.75, 3.05) is 0 Å². The Morgan fingerprint density at radius 3 is 3.00 bits per heavy atom. The minimum Gasteiger partial charge on any atom is -0.438 e. The zero-order chi connectivity index (χ0) is 17.4. The maximum absolute atomic E-state index is 12.3. The van der Waals surface area contributed by atoms with Gasteiger partial charge in [0.2, 0.25) is 17.5 Å². The van der Waals surface area contributed by atoms with E-state index in [0.29, 0.717) is 23.8 Å². The molecule has 25 heavy (non-hydrogen) atoms. The molecule has 7 nitrogen and oxygen atoms in total. The third-order valence-corrected chi connectivity index (χ3v) is 4.51. The summed E-state index contributed by atoms with van der Waals surface area (Å²) in [7, 11) is 0. The topological polar surface area (TPSA) is 94.1 Å². The molecule has 0 saturated heterocycles. The molecule has 1 aromatic carbocycles. The lowest BCUT2D eigenvalue weighted by Gasteiger charge is -2.13. The van der Waals surface area contributed by atoms with E-state index >= 15 is 0 Å². The molecule has 0 radical (unpaired) electrons. The molecule has 1 aliphatic rings. The molecule has 1 unspecified atom stereocenters. The Morgan fingerprint density at radius 1 is 1.40 bits per heavy atom. The first-order valence-corrected chi connectivity index (χ1v) is 8.32. The van der Waals surface area contributed by atoms with Crippen molar-refractivity contribution in [1.82, 2.24) is 20.4 Å². The SMILES string of the molecule is CCc1nc(-c2ccc3c(c2)CCC3NC(=O)c2ocnc2C)no1. The van der Waals surface area contributed by atoms with Crippen LogP contribution in [0.2, 0.25) is 0 Å². The van der Waals surface area contributed by atoms with Crippen molar-refractivity contribution in [3.63, 3.8) is 0 Å². The van der Waals surface area contributed by atoms with Crippen molar-refractivity contribution in [3.8, 4) is 11.4 Å². The van der Waals surface area contributed by atoms with E-state index in [9.17, 15) is 4.79 Å². The van der Waals surface area contributed by atoms with Gasteiger partial charge in [0, 0.05) is 12.0 Å². The number of carbonyl (C=O) groups excluding carboxylic acids is 1. The standard InChI is InChI=1S/C18H18N4O3/c1-3-15-21-17(22-25-15)12-4-6-13-11(8-12)5-7-14(13)20-18(23)16-10(2)19-9-24-16/h4,6,8-9,14H,3,5,7H2,1-2H3,(H,20,23). The smallest absolute Gasteiger partial charge is 0.289 e. The van der Waals surface area contributed by atoms with Crippen molar-refractivity contribution < 1.29 is 13.7 Å². The number of hydrogen-bond donors (Lipinski definition) is 1. The summed E-state index contributed by atoms with van der Waals surface area (Å²) >= 11 is 0. The number of nitrogens with zero attached hydrogens (tertiary/aromatic N) is 3. The minimum atomic E-state index is -0.234. The molecule has 2 aromatic heterocycles. The van der Waals surface area contributed by atoms with Gasteiger partial charge in [0.15, 0.2) is 6.39 Å². The summed E-state index contributed by atoms with van der Waals surface area (Å²) in [4.78, 5) is 20.7. The van der Waals surface area contributed by atoms with Gasteiger partial charge in [-0.1, -0.05) is 24.2 Å². The van der Waals surface area contributed by atoms with E-state index in [1.54, 1.807) is 6.92 Å². The molecule has 1 atom stereocenters. The maximum atomic E-state index is 12.3. The van der Waals surface area contributed by atoms with Crippen LogP contribution in [0.15, 0.2) is 33.5 Å². The van der Waals surface area contributed by atoms with Gasteiger partial charge >= 0.3 is 0 Å². The summed E-state index contributed by atoms with van der Waals surface area (Å²) in [6, 6.07) is 6.04. The molecular formula is C18H18N4O3. The molecule has 0 fully saturated rings. The van der Waals surface area contributed by atoms with Gasteiger partial charge in [0.1, 0.15) is 0 Å². The van der Waals surface area contributed by atoms with Gasteiger partial charge in [-0.2, -0.15) is 4.98 Å². The fourth-order valence-electron chi connectivity index (χ4n) is 3.17. The highest BCUT2D eigenvalue weighted by Gasteiger charge is 2.26. The maximum Gasteiger partial charge on any atom is 0.289 e. The molecule has 0 spiro atoms. The van der Waals surface area contributed by atoms with E-state index in [1.807, 2.05) is 19.1 Å². The fourth-order valence-corrected chi connectivity index (χ4v) is 3.17. The average Bonchev–Trinajstić information content (AvgIpc) is 3.34. The third kappa shape index (κ3) is 2.82. The van der Waals surface area contributed by atoms with E-state index in [1.165, 1.54) is 12.0 Å². The molecule has 4 rings (SSSR count). The number of hydrogen-bond acceptors (Lipinski definition) is 6. The molecule has 128 valence electrons. The summed E-state index contributed by atoms with van der Waals surface area (Å²) < 4.78 is 10.3. The van der Waals surface area contributed by atoms with E-state index in [-0.39, 0.29) is 17.7 Å². The average molecular weight is 338 g/mol. The Bertz CT molecular complexity index is 928. The molecule has 1 aliphatic carbocycles. The number of carbonyl (C=O) groups is 1. The van der Waals surface area contributed by atoms with Gasteiger partial charge in [0.05, 0.1) is 11.7 Å². The summed E-state index contributed by atoms with van der Waals surface area (Å²) in [5.41, 5.74) is 3.84. The molecule has 1 N–H and O–H groups in total. The zero-order valence-electron chi connectivity index (χ0n) is 14.1. The van der Waals surface area contributed by atoms with Gasteiger partial charge in [-0.15, -0.1) is 0 Å². The van der Waals surface area contributed by atoms with Gasteiger partial charge in [-0.05, 0) is 37.0 Å². The molecule has 0 saturated carbocycles. The Hall–Kier alpha value is -2.96. The summed E-state index contributed by atoms with van der Waals surface area (Å²) in [5, 5.41) is 7.05. The molecule has 0 aliphatic heterocycles. The Labute approximate surface area is 144 Å². The zero-order valence-corrected chi connectivity index (χ0v) is 14.1. The van der Waals surface area contributed by atoms with Crippen molar-refractivity contribution in [2.45, 2.75) is 39.2 Å². The first-order valence-electron chi connectivity index (χ1n) is 8.32. The molecule has 3 aromatic rings. The summed E-state index contributed by atoms with van der Waals surface area (Å²) in [6.07, 6.45) is 3.74. The van der Waals surface area contributed by atoms with Crippen LogP contribution in [-0.2, 0) is 12.8 Å². The lowest BCUT2D eigenvalue weighted by atomic mass is 10.0. The molecule has 1 amide bonds. The molecular weight excluding hydrogens is 320 g/mol. The number of aromatic nitrogens is 3. The van der Waals surface area contributed by atoms with E-state index < -0.39 is 0 Å². The molecule has 7 heteroatoms. The second-order valence-electron chi connectivity index (χ2n) is 6.11. The second kappa shape index (κ2) is 6.16. The predicted octanol–water partition coefficient (Wildman–Crippen LogP) is 3.01. The Kier molecular flexibility index (Phi) is 3.83. The highest BCUT2D eigenvalue weighted by atomic mass is 16.5. The number of aryl methyl sites for hydroxylation is 3. The number of rotatable bonds is 4. The van der Waals surface area contributed by atoms with Crippen LogP contribution < -0.4 is 5.32 Å². The van der Waals surface area contributed by atoms with Crippen molar-refractivity contribution in [1.29, 1.82) is 0 Å². The van der Waals surface area contributed by atoms with E-state index in [4.69, 9.17) is 8.94 Å². The summed E-state index contributed by atoms with van der Waals surface area (Å²) in [5.74, 6) is 1.26. The molecule has 2 heterocycles. The quantitative estimate of drug-likeness (QED) is 0.786. The van der Waals surface area contributed by atoms with Gasteiger partial charge in [-0.25, -0.2) is 4.98 Å². The van der Waals surface area contributed by atoms with Crippen molar-refractivity contribution in [3.05, 3.63) is 53.1 Å². The molecule has 0 bridgehead atoms. The lowest BCUT2D eigenvalue weighted by Crippen LogP contribution is -2.27. The minimum absolute atomic E-state index is 0.0301. The van der Waals surface area contributed by atoms with Crippen LogP contribution in [0.25, 0.3) is 11.4 Å². The summed E-state index contributed by atoms with van der Waals surface area (Å²) in [6.45, 7) is 3.73. The third-order valence-electron chi connectivity index (χ3n) is 4.51. The van der Waals surface area contributed by atoms with Crippen LogP contribution >= 0.6 is 0 Å². The van der Waals surface area contributed by atoms with Crippen LogP contribution in [0, 0.1) is 6.92 Å². The predicted molar refractivity (Wildman–Crippen MR) is 88.9 cm³/mol. The first kappa shape index (κ1) is 15.6. The first-order chi connectivity index (χ1) is 12.2. The second-order valence-corrected chi connectivity index (χ2v) is 6.11. The van der Waals surface area contributed by atoms with Gasteiger partial charge in [0.25, 0.3) is 5.91 Å². The van der Waals surface area contributed by atoms with Crippen molar-refractivity contribution >= 4 is 5.91 Å². The van der Waals surface area contributed by atoms with Crippen LogP contribution in [-0.4, -0.2) is 21.0 Å².